The molecule has 0 aliphatic heterocycles. The summed E-state index contributed by atoms with van der Waals surface area (Å²) in [4.78, 5) is 0. The van der Waals surface area contributed by atoms with Crippen LogP contribution in [0.2, 0.25) is 0 Å². The zero-order valence-electron chi connectivity index (χ0n) is 3.75. The van der Waals surface area contributed by atoms with Gasteiger partial charge in [0, 0.05) is 6.42 Å². The smallest absolute Gasteiger partial charge is 0.205 e. The Kier molecular flexibility index (Phi) is 0.819. The molecule has 0 aromatic heterocycles. The minimum absolute atomic E-state index is 0.0637. The molecule has 0 bridgehead atoms. The Hall–Kier alpha value is -0.180. The van der Waals surface area contributed by atoms with Gasteiger partial charge in [0.2, 0.25) is 5.79 Å². The lowest BCUT2D eigenvalue weighted by molar-refractivity contribution is -0.0389. The van der Waals surface area contributed by atoms with Gasteiger partial charge in [-0.1, -0.05) is 0 Å². The first-order valence-corrected chi connectivity index (χ1v) is 2.21. The van der Waals surface area contributed by atoms with Crippen LogP contribution in [-0.2, 0) is 0 Å². The van der Waals surface area contributed by atoms with Crippen LogP contribution >= 0.6 is 0 Å². The first kappa shape index (κ1) is 4.97. The second-order valence-corrected chi connectivity index (χ2v) is 1.87. The van der Waals surface area contributed by atoms with Gasteiger partial charge in [-0.05, 0) is 6.42 Å². The quantitative estimate of drug-likeness (QED) is 0.412. The summed E-state index contributed by atoms with van der Waals surface area (Å²) in [5, 5.41) is 0. The zero-order chi connectivity index (χ0) is 5.49. The molecule has 0 heterocycles. The third kappa shape index (κ3) is 0.608. The molecule has 7 heavy (non-hydrogen) atoms. The molecule has 0 saturated heterocycles. The molecule has 1 rings (SSSR count). The van der Waals surface area contributed by atoms with Crippen molar-refractivity contribution in [3.63, 3.8) is 0 Å². The van der Waals surface area contributed by atoms with E-state index in [0.717, 1.165) is 0 Å². The number of rotatable bonds is 0. The molecule has 2 atom stereocenters. The SMILES string of the molecule is [NH]C1(F)CCC1F. The monoisotopic (exact) mass is 106 g/mol. The topological polar surface area (TPSA) is 23.8 Å². The van der Waals surface area contributed by atoms with E-state index < -0.39 is 12.0 Å². The lowest BCUT2D eigenvalue weighted by atomic mass is 9.89. The van der Waals surface area contributed by atoms with Crippen LogP contribution in [0, 0.1) is 0 Å². The minimum Gasteiger partial charge on any atom is -0.242 e. The summed E-state index contributed by atoms with van der Waals surface area (Å²) >= 11 is 0. The Morgan fingerprint density at radius 3 is 2.14 bits per heavy atom. The highest BCUT2D eigenvalue weighted by Crippen LogP contribution is 2.34. The van der Waals surface area contributed by atoms with E-state index in [2.05, 4.69) is 0 Å². The minimum atomic E-state index is -2.24. The predicted octanol–water partition coefficient (Wildman–Crippen LogP) is 1.07. The summed E-state index contributed by atoms with van der Waals surface area (Å²) in [6.07, 6.45) is -1.23. The van der Waals surface area contributed by atoms with Crippen LogP contribution in [-0.4, -0.2) is 12.0 Å². The standard InChI is InChI=1S/C4H6F2N/c5-3-1-2-4(3,6)7/h3,7H,1-2H2. The molecule has 2 unspecified atom stereocenters. The van der Waals surface area contributed by atoms with Gasteiger partial charge in [0.15, 0.2) is 0 Å². The maximum absolute atomic E-state index is 11.9. The molecule has 3 heteroatoms. The predicted molar refractivity (Wildman–Crippen MR) is 21.1 cm³/mol. The van der Waals surface area contributed by atoms with Gasteiger partial charge in [-0.3, -0.25) is 0 Å². The molecule has 0 spiro atoms. The fraction of sp³-hybridized carbons (Fsp3) is 1.00. The highest BCUT2D eigenvalue weighted by atomic mass is 19.2. The fourth-order valence-corrected chi connectivity index (χ4v) is 0.507. The van der Waals surface area contributed by atoms with Crippen LogP contribution in [0.25, 0.3) is 0 Å². The van der Waals surface area contributed by atoms with E-state index in [9.17, 15) is 8.78 Å². The molecule has 1 aliphatic carbocycles. The van der Waals surface area contributed by atoms with E-state index in [-0.39, 0.29) is 12.8 Å². The number of hydrogen-bond donors (Lipinski definition) is 0. The molecule has 1 aliphatic rings. The summed E-state index contributed by atoms with van der Waals surface area (Å²) in [6, 6.07) is 0. The molecule has 1 radical (unpaired) electrons. The second kappa shape index (κ2) is 1.15. The van der Waals surface area contributed by atoms with E-state index >= 15 is 0 Å². The van der Waals surface area contributed by atoms with Crippen molar-refractivity contribution in [2.45, 2.75) is 24.8 Å². The Labute approximate surface area is 40.5 Å². The average molecular weight is 106 g/mol. The van der Waals surface area contributed by atoms with Gasteiger partial charge in [0.25, 0.3) is 0 Å². The van der Waals surface area contributed by atoms with Gasteiger partial charge in [-0.2, -0.15) is 0 Å². The van der Waals surface area contributed by atoms with E-state index in [1.54, 1.807) is 0 Å². The molecule has 0 amide bonds. The summed E-state index contributed by atoms with van der Waals surface area (Å²) in [7, 11) is 0. The normalized spacial score (nSPS) is 51.0. The summed E-state index contributed by atoms with van der Waals surface area (Å²) in [5.41, 5.74) is 6.43. The molecule has 41 valence electrons. The summed E-state index contributed by atoms with van der Waals surface area (Å²) in [6.45, 7) is 0. The average Bonchev–Trinajstić information content (AvgIpc) is 1.63. The Balaban J connectivity index is 2.43. The van der Waals surface area contributed by atoms with Crippen molar-refractivity contribution >= 4 is 0 Å². The first-order valence-electron chi connectivity index (χ1n) is 2.21. The number of halogens is 2. The van der Waals surface area contributed by atoms with Crippen LogP contribution < -0.4 is 5.73 Å². The lowest BCUT2D eigenvalue weighted by Crippen LogP contribution is -2.46. The maximum Gasteiger partial charge on any atom is 0.205 e. The number of nitrogens with one attached hydrogen (secondary N) is 1. The van der Waals surface area contributed by atoms with Crippen molar-refractivity contribution < 1.29 is 8.78 Å². The van der Waals surface area contributed by atoms with Gasteiger partial charge in [0.1, 0.15) is 6.17 Å². The van der Waals surface area contributed by atoms with Crippen LogP contribution in [0.3, 0.4) is 0 Å². The largest absolute Gasteiger partial charge is 0.242 e. The molecular formula is C4H6F2N. The third-order valence-corrected chi connectivity index (χ3v) is 1.26. The number of alkyl halides is 2. The van der Waals surface area contributed by atoms with Gasteiger partial charge >= 0.3 is 0 Å². The van der Waals surface area contributed by atoms with Crippen molar-refractivity contribution in [2.75, 3.05) is 0 Å². The molecule has 1 nitrogen and oxygen atoms in total. The highest BCUT2D eigenvalue weighted by Gasteiger charge is 2.45. The molecule has 1 fully saturated rings. The highest BCUT2D eigenvalue weighted by molar-refractivity contribution is 4.91. The Morgan fingerprint density at radius 1 is 1.71 bits per heavy atom. The van der Waals surface area contributed by atoms with E-state index in [1.807, 2.05) is 0 Å². The summed E-state index contributed by atoms with van der Waals surface area (Å²) < 4.78 is 23.6. The Bertz CT molecular complexity index is 81.8. The van der Waals surface area contributed by atoms with Crippen molar-refractivity contribution in [1.29, 1.82) is 0 Å². The molecule has 1 N–H and O–H groups in total. The molecule has 1 saturated carbocycles. The third-order valence-electron chi connectivity index (χ3n) is 1.26. The molecular weight excluding hydrogens is 100 g/mol. The number of hydrogen-bond acceptors (Lipinski definition) is 0. The second-order valence-electron chi connectivity index (χ2n) is 1.87. The Morgan fingerprint density at radius 2 is 2.14 bits per heavy atom. The van der Waals surface area contributed by atoms with E-state index in [1.165, 1.54) is 0 Å². The van der Waals surface area contributed by atoms with Crippen LogP contribution in [0.1, 0.15) is 12.8 Å². The zero-order valence-corrected chi connectivity index (χ0v) is 3.75. The van der Waals surface area contributed by atoms with Gasteiger partial charge in [-0.25, -0.2) is 14.5 Å². The van der Waals surface area contributed by atoms with Gasteiger partial charge < -0.3 is 0 Å². The maximum atomic E-state index is 11.9. The molecule has 0 aromatic carbocycles. The van der Waals surface area contributed by atoms with Crippen molar-refractivity contribution in [2.24, 2.45) is 0 Å². The fourth-order valence-electron chi connectivity index (χ4n) is 0.507. The van der Waals surface area contributed by atoms with E-state index in [0.29, 0.717) is 0 Å². The lowest BCUT2D eigenvalue weighted by Gasteiger charge is -2.32. The van der Waals surface area contributed by atoms with Crippen LogP contribution in [0.4, 0.5) is 8.78 Å². The van der Waals surface area contributed by atoms with Crippen LogP contribution in [0.15, 0.2) is 0 Å². The van der Waals surface area contributed by atoms with Gasteiger partial charge in [-0.15, -0.1) is 0 Å². The summed E-state index contributed by atoms with van der Waals surface area (Å²) in [5.74, 6) is -2.24. The van der Waals surface area contributed by atoms with Gasteiger partial charge in [0.05, 0.1) is 0 Å². The van der Waals surface area contributed by atoms with Crippen molar-refractivity contribution in [1.82, 2.24) is 5.73 Å². The first-order chi connectivity index (χ1) is 3.13. The van der Waals surface area contributed by atoms with Crippen molar-refractivity contribution in [3.8, 4) is 0 Å². The van der Waals surface area contributed by atoms with Crippen LogP contribution in [0.5, 0.6) is 0 Å². The molecule has 0 aromatic rings. The van der Waals surface area contributed by atoms with Crippen molar-refractivity contribution in [3.05, 3.63) is 0 Å². The van der Waals surface area contributed by atoms with E-state index in [4.69, 9.17) is 5.73 Å².